The van der Waals surface area contributed by atoms with Crippen molar-refractivity contribution in [3.63, 3.8) is 0 Å². The lowest BCUT2D eigenvalue weighted by Gasteiger charge is -2.09. The van der Waals surface area contributed by atoms with Gasteiger partial charge in [0.2, 0.25) is 0 Å². The van der Waals surface area contributed by atoms with Crippen molar-refractivity contribution in [2.24, 2.45) is 0 Å². The molecule has 0 aliphatic heterocycles. The Hall–Kier alpha value is -5.29. The van der Waals surface area contributed by atoms with Crippen LogP contribution in [0.5, 0.6) is 0 Å². The monoisotopic (exact) mass is 504 g/mol. The first-order chi connectivity index (χ1) is 19.2. The Bertz CT molecular complexity index is 1890. The normalized spacial score (nSPS) is 11.2. The van der Waals surface area contributed by atoms with Crippen LogP contribution < -0.4 is 5.32 Å². The second kappa shape index (κ2) is 9.54. The fourth-order valence-corrected chi connectivity index (χ4v) is 4.88. The highest BCUT2D eigenvalue weighted by Gasteiger charge is 2.19. The highest BCUT2D eigenvalue weighted by atomic mass is 16.3. The number of furan rings is 1. The van der Waals surface area contributed by atoms with Crippen LogP contribution in [0, 0.1) is 6.92 Å². The van der Waals surface area contributed by atoms with Crippen LogP contribution in [-0.2, 0) is 0 Å². The minimum absolute atomic E-state index is 0.570. The summed E-state index contributed by atoms with van der Waals surface area (Å²) in [4.78, 5) is 14.7. The Balaban J connectivity index is 1.43. The predicted octanol–water partition coefficient (Wildman–Crippen LogP) is 8.82. The molecule has 0 fully saturated rings. The van der Waals surface area contributed by atoms with E-state index in [1.807, 2.05) is 91.0 Å². The number of para-hydroxylation sites is 3. The summed E-state index contributed by atoms with van der Waals surface area (Å²) >= 11 is 0. The van der Waals surface area contributed by atoms with E-state index < -0.39 is 0 Å². The van der Waals surface area contributed by atoms with Gasteiger partial charge in [-0.1, -0.05) is 103 Å². The lowest BCUT2D eigenvalue weighted by Crippen LogP contribution is -2.00. The minimum atomic E-state index is 0.570. The molecule has 7 rings (SSSR count). The second-order valence-electron chi connectivity index (χ2n) is 9.44. The first-order valence-electron chi connectivity index (χ1n) is 12.9. The van der Waals surface area contributed by atoms with Crippen molar-refractivity contribution in [2.75, 3.05) is 5.32 Å². The maximum atomic E-state index is 6.61. The van der Waals surface area contributed by atoms with E-state index in [-0.39, 0.29) is 0 Å². The van der Waals surface area contributed by atoms with Gasteiger partial charge in [-0.05, 0) is 30.7 Å². The zero-order chi connectivity index (χ0) is 26.2. The number of benzene rings is 5. The van der Waals surface area contributed by atoms with Crippen molar-refractivity contribution < 1.29 is 4.42 Å². The Labute approximate surface area is 225 Å². The van der Waals surface area contributed by atoms with Crippen LogP contribution in [0.1, 0.15) is 5.56 Å². The molecule has 7 aromatic rings. The van der Waals surface area contributed by atoms with E-state index in [4.69, 9.17) is 19.4 Å². The lowest BCUT2D eigenvalue weighted by molar-refractivity contribution is 0.670. The zero-order valence-electron chi connectivity index (χ0n) is 21.3. The molecule has 0 aliphatic carbocycles. The first kappa shape index (κ1) is 22.9. The largest absolute Gasteiger partial charge is 0.453 e. The number of nitrogens with zero attached hydrogens (tertiary/aromatic N) is 3. The Kier molecular flexibility index (Phi) is 5.60. The van der Waals surface area contributed by atoms with Gasteiger partial charge in [0.1, 0.15) is 5.58 Å². The van der Waals surface area contributed by atoms with Gasteiger partial charge in [-0.25, -0.2) is 15.0 Å². The third-order valence-electron chi connectivity index (χ3n) is 6.88. The van der Waals surface area contributed by atoms with Crippen molar-refractivity contribution >= 4 is 33.3 Å². The fourth-order valence-electron chi connectivity index (χ4n) is 4.88. The molecule has 5 nitrogen and oxygen atoms in total. The number of anilines is 2. The summed E-state index contributed by atoms with van der Waals surface area (Å²) in [6.45, 7) is 2.09. The van der Waals surface area contributed by atoms with Crippen LogP contribution in [0.2, 0.25) is 0 Å². The van der Waals surface area contributed by atoms with Crippen LogP contribution in [0.15, 0.2) is 126 Å². The fraction of sp³-hybridized carbons (Fsp3) is 0.0294. The average Bonchev–Trinajstić information content (AvgIpc) is 3.39. The summed E-state index contributed by atoms with van der Waals surface area (Å²) in [6, 6.07) is 40.5. The van der Waals surface area contributed by atoms with Crippen molar-refractivity contribution in [2.45, 2.75) is 6.92 Å². The highest BCUT2D eigenvalue weighted by Crippen LogP contribution is 2.39. The van der Waals surface area contributed by atoms with Gasteiger partial charge in [0.15, 0.2) is 23.1 Å². The Morgan fingerprint density at radius 3 is 1.69 bits per heavy atom. The molecule has 2 aromatic heterocycles. The maximum absolute atomic E-state index is 6.61. The van der Waals surface area contributed by atoms with Gasteiger partial charge >= 0.3 is 0 Å². The van der Waals surface area contributed by atoms with E-state index in [0.717, 1.165) is 50.0 Å². The average molecular weight is 505 g/mol. The number of aromatic nitrogens is 3. The maximum Gasteiger partial charge on any atom is 0.167 e. The van der Waals surface area contributed by atoms with E-state index in [1.54, 1.807) is 0 Å². The molecule has 5 aromatic carbocycles. The Morgan fingerprint density at radius 2 is 1.03 bits per heavy atom. The summed E-state index contributed by atoms with van der Waals surface area (Å²) in [5.74, 6) is 1.81. The molecule has 0 amide bonds. The van der Waals surface area contributed by atoms with Crippen molar-refractivity contribution in [3.8, 4) is 34.2 Å². The molecule has 0 bridgehead atoms. The molecule has 0 atom stereocenters. The molecule has 2 heterocycles. The van der Waals surface area contributed by atoms with Gasteiger partial charge in [0, 0.05) is 27.6 Å². The van der Waals surface area contributed by atoms with E-state index in [0.29, 0.717) is 17.5 Å². The second-order valence-corrected chi connectivity index (χ2v) is 9.44. The van der Waals surface area contributed by atoms with Crippen LogP contribution in [-0.4, -0.2) is 15.0 Å². The number of nitrogens with one attached hydrogen (secondary N) is 1. The van der Waals surface area contributed by atoms with Crippen molar-refractivity contribution in [3.05, 3.63) is 127 Å². The standard InChI is InChI=1S/C34H24N4O/c1-22-12-8-9-20-28(22)35-29-21-11-18-26-25-17-10-19-27(30(25)39-31(26)29)34-37-32(23-13-4-2-5-14-23)36-33(38-34)24-15-6-3-7-16-24/h2-21,35H,1H3. The van der Waals surface area contributed by atoms with E-state index in [1.165, 1.54) is 5.56 Å². The molecule has 0 unspecified atom stereocenters. The third-order valence-corrected chi connectivity index (χ3v) is 6.88. The first-order valence-corrected chi connectivity index (χ1v) is 12.9. The summed E-state index contributed by atoms with van der Waals surface area (Å²) in [5, 5.41) is 5.61. The SMILES string of the molecule is Cc1ccccc1Nc1cccc2c1oc1c(-c3nc(-c4ccccc4)nc(-c4ccccc4)n3)cccc12. The number of aryl methyl sites for hydroxylation is 1. The molecule has 39 heavy (non-hydrogen) atoms. The lowest BCUT2D eigenvalue weighted by atomic mass is 10.1. The quantitative estimate of drug-likeness (QED) is 0.254. The van der Waals surface area contributed by atoms with Crippen LogP contribution >= 0.6 is 0 Å². The molecule has 0 aliphatic rings. The molecule has 0 spiro atoms. The molecule has 0 saturated carbocycles. The smallest absolute Gasteiger partial charge is 0.167 e. The van der Waals surface area contributed by atoms with Gasteiger partial charge in [0.25, 0.3) is 0 Å². The summed E-state index contributed by atoms with van der Waals surface area (Å²) < 4.78 is 6.61. The number of rotatable bonds is 5. The molecule has 0 saturated heterocycles. The van der Waals surface area contributed by atoms with Gasteiger partial charge in [-0.3, -0.25) is 0 Å². The molecule has 0 radical (unpaired) electrons. The van der Waals surface area contributed by atoms with Gasteiger partial charge < -0.3 is 9.73 Å². The topological polar surface area (TPSA) is 63.8 Å². The van der Waals surface area contributed by atoms with Crippen molar-refractivity contribution in [1.29, 1.82) is 0 Å². The van der Waals surface area contributed by atoms with Crippen LogP contribution in [0.3, 0.4) is 0 Å². The molecule has 1 N–H and O–H groups in total. The van der Waals surface area contributed by atoms with E-state index >= 15 is 0 Å². The van der Waals surface area contributed by atoms with Gasteiger partial charge in [-0.15, -0.1) is 0 Å². The highest BCUT2D eigenvalue weighted by molar-refractivity contribution is 6.12. The molecular weight excluding hydrogens is 480 g/mol. The number of hydrogen-bond acceptors (Lipinski definition) is 5. The molecular formula is C34H24N4O. The van der Waals surface area contributed by atoms with Crippen LogP contribution in [0.4, 0.5) is 11.4 Å². The summed E-state index contributed by atoms with van der Waals surface area (Å²) in [7, 11) is 0. The minimum Gasteiger partial charge on any atom is -0.453 e. The number of hydrogen-bond donors (Lipinski definition) is 1. The third kappa shape index (κ3) is 4.20. The number of fused-ring (bicyclic) bond motifs is 3. The van der Waals surface area contributed by atoms with Crippen LogP contribution in [0.25, 0.3) is 56.1 Å². The Morgan fingerprint density at radius 1 is 0.487 bits per heavy atom. The predicted molar refractivity (Wildman–Crippen MR) is 158 cm³/mol. The zero-order valence-corrected chi connectivity index (χ0v) is 21.3. The molecule has 186 valence electrons. The summed E-state index contributed by atoms with van der Waals surface area (Å²) in [6.07, 6.45) is 0. The summed E-state index contributed by atoms with van der Waals surface area (Å²) in [5.41, 5.74) is 7.35. The van der Waals surface area contributed by atoms with Gasteiger partial charge in [-0.2, -0.15) is 0 Å². The van der Waals surface area contributed by atoms with Crippen molar-refractivity contribution in [1.82, 2.24) is 15.0 Å². The van der Waals surface area contributed by atoms with Gasteiger partial charge in [0.05, 0.1) is 11.3 Å². The molecule has 5 heteroatoms. The van der Waals surface area contributed by atoms with E-state index in [9.17, 15) is 0 Å². The van der Waals surface area contributed by atoms with E-state index in [2.05, 4.69) is 42.6 Å².